The van der Waals surface area contributed by atoms with Crippen LogP contribution >= 0.6 is 0 Å². The van der Waals surface area contributed by atoms with Gasteiger partial charge in [0.25, 0.3) is 0 Å². The summed E-state index contributed by atoms with van der Waals surface area (Å²) in [6.45, 7) is 4.49. The van der Waals surface area contributed by atoms with Crippen molar-refractivity contribution in [2.75, 3.05) is 0 Å². The van der Waals surface area contributed by atoms with Crippen LogP contribution in [-0.2, 0) is 0 Å². The quantitative estimate of drug-likeness (QED) is 0.686. The van der Waals surface area contributed by atoms with Gasteiger partial charge in [-0.3, -0.25) is 0 Å². The lowest BCUT2D eigenvalue weighted by Crippen LogP contribution is -2.16. The van der Waals surface area contributed by atoms with Crippen LogP contribution in [0, 0.1) is 11.8 Å². The van der Waals surface area contributed by atoms with Crippen LogP contribution in [0.4, 0.5) is 0 Å². The van der Waals surface area contributed by atoms with Crippen molar-refractivity contribution in [1.82, 2.24) is 0 Å². The van der Waals surface area contributed by atoms with E-state index in [1.165, 1.54) is 44.1 Å². The SMILES string of the molecule is CCC1CCCC1=C1CCC(CC)C1O. The fourth-order valence-corrected chi connectivity index (χ4v) is 3.50. The fraction of sp³-hybridized carbons (Fsp3) is 0.857. The molecule has 0 amide bonds. The highest BCUT2D eigenvalue weighted by atomic mass is 16.3. The first kappa shape index (κ1) is 11.2. The van der Waals surface area contributed by atoms with Gasteiger partial charge in [0.1, 0.15) is 0 Å². The van der Waals surface area contributed by atoms with E-state index in [2.05, 4.69) is 13.8 Å². The van der Waals surface area contributed by atoms with E-state index in [-0.39, 0.29) is 6.10 Å². The molecule has 1 N–H and O–H groups in total. The van der Waals surface area contributed by atoms with Crippen molar-refractivity contribution in [3.63, 3.8) is 0 Å². The number of hydrogen-bond donors (Lipinski definition) is 1. The van der Waals surface area contributed by atoms with E-state index >= 15 is 0 Å². The zero-order valence-electron chi connectivity index (χ0n) is 10.1. The van der Waals surface area contributed by atoms with Gasteiger partial charge >= 0.3 is 0 Å². The van der Waals surface area contributed by atoms with Crippen LogP contribution in [0.3, 0.4) is 0 Å². The van der Waals surface area contributed by atoms with Crippen LogP contribution in [0.5, 0.6) is 0 Å². The maximum absolute atomic E-state index is 10.3. The molecule has 0 aliphatic heterocycles. The minimum Gasteiger partial charge on any atom is -0.388 e. The lowest BCUT2D eigenvalue weighted by molar-refractivity contribution is 0.158. The zero-order valence-corrected chi connectivity index (χ0v) is 10.1. The second kappa shape index (κ2) is 4.69. The van der Waals surface area contributed by atoms with E-state index in [1.807, 2.05) is 0 Å². The standard InChI is InChI=1S/C14H24O/c1-3-10-6-5-7-12(10)13-9-8-11(4-2)14(13)15/h10-11,14-15H,3-9H2,1-2H3. The average Bonchev–Trinajstić information content (AvgIpc) is 2.83. The molecule has 86 valence electrons. The molecular weight excluding hydrogens is 184 g/mol. The minimum absolute atomic E-state index is 0.0999. The molecule has 0 heterocycles. The van der Waals surface area contributed by atoms with Crippen molar-refractivity contribution in [3.05, 3.63) is 11.1 Å². The molecule has 0 spiro atoms. The summed E-state index contributed by atoms with van der Waals surface area (Å²) < 4.78 is 0. The van der Waals surface area contributed by atoms with Crippen LogP contribution in [-0.4, -0.2) is 11.2 Å². The second-order valence-corrected chi connectivity index (χ2v) is 5.20. The minimum atomic E-state index is -0.0999. The zero-order chi connectivity index (χ0) is 10.8. The fourth-order valence-electron chi connectivity index (χ4n) is 3.50. The summed E-state index contributed by atoms with van der Waals surface area (Å²) in [4.78, 5) is 0. The van der Waals surface area contributed by atoms with Gasteiger partial charge in [0.2, 0.25) is 0 Å². The Morgan fingerprint density at radius 1 is 1.07 bits per heavy atom. The third kappa shape index (κ3) is 1.99. The monoisotopic (exact) mass is 208 g/mol. The van der Waals surface area contributed by atoms with E-state index in [1.54, 1.807) is 5.57 Å². The molecule has 0 aromatic heterocycles. The molecule has 0 bridgehead atoms. The van der Waals surface area contributed by atoms with Gasteiger partial charge in [0, 0.05) is 0 Å². The molecule has 0 saturated heterocycles. The first-order chi connectivity index (χ1) is 7.27. The van der Waals surface area contributed by atoms with Gasteiger partial charge in [-0.1, -0.05) is 25.8 Å². The predicted molar refractivity (Wildman–Crippen MR) is 63.7 cm³/mol. The molecule has 1 nitrogen and oxygen atoms in total. The molecule has 2 aliphatic rings. The van der Waals surface area contributed by atoms with Gasteiger partial charge in [-0.2, -0.15) is 0 Å². The second-order valence-electron chi connectivity index (χ2n) is 5.20. The normalized spacial score (nSPS) is 41.4. The number of hydrogen-bond acceptors (Lipinski definition) is 1. The van der Waals surface area contributed by atoms with Crippen LogP contribution < -0.4 is 0 Å². The smallest absolute Gasteiger partial charge is 0.0780 e. The number of aliphatic hydroxyl groups excluding tert-OH is 1. The van der Waals surface area contributed by atoms with Crippen molar-refractivity contribution in [1.29, 1.82) is 0 Å². The number of rotatable bonds is 2. The molecule has 0 aromatic rings. The van der Waals surface area contributed by atoms with Crippen molar-refractivity contribution >= 4 is 0 Å². The van der Waals surface area contributed by atoms with Crippen LogP contribution in [0.1, 0.15) is 58.8 Å². The molecular formula is C14H24O. The van der Waals surface area contributed by atoms with Crippen molar-refractivity contribution < 1.29 is 5.11 Å². The third-order valence-electron chi connectivity index (χ3n) is 4.51. The number of allylic oxidation sites excluding steroid dienone is 1. The highest BCUT2D eigenvalue weighted by Crippen LogP contribution is 2.43. The summed E-state index contributed by atoms with van der Waals surface area (Å²) in [5.41, 5.74) is 3.08. The third-order valence-corrected chi connectivity index (χ3v) is 4.51. The molecule has 1 heteroatoms. The summed E-state index contributed by atoms with van der Waals surface area (Å²) in [6.07, 6.45) is 8.66. The van der Waals surface area contributed by atoms with E-state index in [0.717, 1.165) is 12.3 Å². The Balaban J connectivity index is 2.18. The van der Waals surface area contributed by atoms with Crippen LogP contribution in [0.15, 0.2) is 11.1 Å². The molecule has 2 fully saturated rings. The van der Waals surface area contributed by atoms with Crippen molar-refractivity contribution in [2.24, 2.45) is 11.8 Å². The van der Waals surface area contributed by atoms with Crippen molar-refractivity contribution in [3.8, 4) is 0 Å². The van der Waals surface area contributed by atoms with Gasteiger partial charge in [-0.25, -0.2) is 0 Å². The Hall–Kier alpha value is -0.300. The van der Waals surface area contributed by atoms with E-state index in [9.17, 15) is 5.11 Å². The molecule has 2 saturated carbocycles. The Morgan fingerprint density at radius 3 is 2.47 bits per heavy atom. The van der Waals surface area contributed by atoms with E-state index in [0.29, 0.717) is 5.92 Å². The lowest BCUT2D eigenvalue weighted by Gasteiger charge is -2.18. The summed E-state index contributed by atoms with van der Waals surface area (Å²) >= 11 is 0. The Morgan fingerprint density at radius 2 is 1.87 bits per heavy atom. The predicted octanol–water partition coefficient (Wildman–Crippen LogP) is 3.67. The molecule has 3 unspecified atom stereocenters. The highest BCUT2D eigenvalue weighted by molar-refractivity contribution is 5.26. The van der Waals surface area contributed by atoms with Crippen LogP contribution in [0.2, 0.25) is 0 Å². The van der Waals surface area contributed by atoms with E-state index in [4.69, 9.17) is 0 Å². The Labute approximate surface area is 93.6 Å². The average molecular weight is 208 g/mol. The van der Waals surface area contributed by atoms with Gasteiger partial charge < -0.3 is 5.11 Å². The highest BCUT2D eigenvalue weighted by Gasteiger charge is 2.33. The van der Waals surface area contributed by atoms with Gasteiger partial charge in [-0.15, -0.1) is 0 Å². The van der Waals surface area contributed by atoms with Crippen molar-refractivity contribution in [2.45, 2.75) is 64.9 Å². The first-order valence-electron chi connectivity index (χ1n) is 6.67. The largest absolute Gasteiger partial charge is 0.388 e. The maximum Gasteiger partial charge on any atom is 0.0780 e. The van der Waals surface area contributed by atoms with E-state index < -0.39 is 0 Å². The van der Waals surface area contributed by atoms with Gasteiger partial charge in [0.05, 0.1) is 6.10 Å². The molecule has 0 radical (unpaired) electrons. The van der Waals surface area contributed by atoms with Gasteiger partial charge in [-0.05, 0) is 55.9 Å². The molecule has 2 aliphatic carbocycles. The Kier molecular flexibility index (Phi) is 3.50. The molecule has 15 heavy (non-hydrogen) atoms. The maximum atomic E-state index is 10.3. The lowest BCUT2D eigenvalue weighted by atomic mass is 9.92. The summed E-state index contributed by atoms with van der Waals surface area (Å²) in [5, 5.41) is 10.3. The Bertz CT molecular complexity index is 254. The van der Waals surface area contributed by atoms with Gasteiger partial charge in [0.15, 0.2) is 0 Å². The van der Waals surface area contributed by atoms with Crippen LogP contribution in [0.25, 0.3) is 0 Å². The molecule has 0 aromatic carbocycles. The summed E-state index contributed by atoms with van der Waals surface area (Å²) in [7, 11) is 0. The first-order valence-corrected chi connectivity index (χ1v) is 6.67. The topological polar surface area (TPSA) is 20.2 Å². The molecule has 3 atom stereocenters. The summed E-state index contributed by atoms with van der Waals surface area (Å²) in [5.74, 6) is 1.34. The number of aliphatic hydroxyl groups is 1. The summed E-state index contributed by atoms with van der Waals surface area (Å²) in [6, 6.07) is 0. The molecule has 2 rings (SSSR count).